The summed E-state index contributed by atoms with van der Waals surface area (Å²) in [5, 5.41) is 11.5. The van der Waals surface area contributed by atoms with Gasteiger partial charge in [0, 0.05) is 35.8 Å². The van der Waals surface area contributed by atoms with E-state index in [1.165, 1.54) is 5.57 Å². The zero-order chi connectivity index (χ0) is 22.5. The Morgan fingerprint density at radius 1 is 1.19 bits per heavy atom. The number of benzene rings is 1. The minimum atomic E-state index is -0.559. The molecule has 0 bridgehead atoms. The fourth-order valence-corrected chi connectivity index (χ4v) is 6.77. The molecule has 32 heavy (non-hydrogen) atoms. The van der Waals surface area contributed by atoms with Crippen LogP contribution in [0.2, 0.25) is 0 Å². The molecular formula is C27H35NO4. The third-order valence-electron chi connectivity index (χ3n) is 9.04. The highest BCUT2D eigenvalue weighted by Gasteiger charge is 2.59. The molecule has 1 aromatic rings. The number of carbonyl (C=O) groups excluding carboxylic acids is 2. The van der Waals surface area contributed by atoms with Gasteiger partial charge in [-0.05, 0) is 44.7 Å². The van der Waals surface area contributed by atoms with E-state index < -0.39 is 6.10 Å². The van der Waals surface area contributed by atoms with Crippen molar-refractivity contribution in [3.8, 4) is 0 Å². The van der Waals surface area contributed by atoms with Crippen LogP contribution in [-0.4, -0.2) is 53.6 Å². The number of allylic oxidation sites excluding steroid dienone is 1. The van der Waals surface area contributed by atoms with E-state index in [2.05, 4.69) is 24.8 Å². The number of aliphatic hydroxyl groups excluding tert-OH is 1. The third kappa shape index (κ3) is 3.54. The van der Waals surface area contributed by atoms with E-state index in [1.807, 2.05) is 30.3 Å². The number of nitrogens with zero attached hydrogens (tertiary/aromatic N) is 1. The van der Waals surface area contributed by atoms with Crippen molar-refractivity contribution in [1.29, 1.82) is 0 Å². The second-order valence-electron chi connectivity index (χ2n) is 10.6. The van der Waals surface area contributed by atoms with Gasteiger partial charge in [0.2, 0.25) is 0 Å². The molecule has 5 nitrogen and oxygen atoms in total. The number of piperidine rings is 1. The first-order valence-electron chi connectivity index (χ1n) is 12.3. The Bertz CT molecular complexity index is 903. The van der Waals surface area contributed by atoms with Crippen molar-refractivity contribution in [2.24, 2.45) is 29.1 Å². The van der Waals surface area contributed by atoms with Crippen molar-refractivity contribution < 1.29 is 19.4 Å². The van der Waals surface area contributed by atoms with Crippen LogP contribution in [0.3, 0.4) is 0 Å². The summed E-state index contributed by atoms with van der Waals surface area (Å²) in [5.41, 5.74) is 1.80. The summed E-state index contributed by atoms with van der Waals surface area (Å²) in [5.74, 6) is 0.0862. The number of ketones is 1. The average Bonchev–Trinajstić information content (AvgIpc) is 3.11. The van der Waals surface area contributed by atoms with Gasteiger partial charge >= 0.3 is 5.97 Å². The molecule has 5 rings (SSSR count). The SMILES string of the molecule is C[C@H]1CCC=C2C[C@H]3OC(=O)[C@H](CN4CCC(C(=O)c5ccccc5)CC4)[C@H]3[C@@H](O)[C@@]21C. The first kappa shape index (κ1) is 21.8. The van der Waals surface area contributed by atoms with Crippen LogP contribution in [0, 0.1) is 29.1 Å². The van der Waals surface area contributed by atoms with Gasteiger partial charge in [0.15, 0.2) is 5.78 Å². The van der Waals surface area contributed by atoms with Crippen molar-refractivity contribution in [3.05, 3.63) is 47.5 Å². The van der Waals surface area contributed by atoms with E-state index in [1.54, 1.807) is 0 Å². The lowest BCUT2D eigenvalue weighted by Crippen LogP contribution is -2.55. The zero-order valence-corrected chi connectivity index (χ0v) is 19.2. The molecule has 3 fully saturated rings. The molecule has 5 heteroatoms. The first-order chi connectivity index (χ1) is 15.4. The predicted octanol–water partition coefficient (Wildman–Crippen LogP) is 3.87. The summed E-state index contributed by atoms with van der Waals surface area (Å²) in [6, 6.07) is 9.54. The molecule has 1 saturated carbocycles. The average molecular weight is 438 g/mol. The molecule has 4 aliphatic rings. The molecule has 2 heterocycles. The van der Waals surface area contributed by atoms with Crippen molar-refractivity contribution in [2.75, 3.05) is 19.6 Å². The monoisotopic (exact) mass is 437 g/mol. The Balaban J connectivity index is 1.25. The van der Waals surface area contributed by atoms with Crippen molar-refractivity contribution >= 4 is 11.8 Å². The molecule has 1 N–H and O–H groups in total. The van der Waals surface area contributed by atoms with Gasteiger partial charge in [-0.3, -0.25) is 9.59 Å². The number of hydrogen-bond acceptors (Lipinski definition) is 5. The Labute approximate surface area is 190 Å². The fraction of sp³-hybridized carbons (Fsp3) is 0.630. The highest BCUT2D eigenvalue weighted by atomic mass is 16.6. The number of ether oxygens (including phenoxy) is 1. The lowest BCUT2D eigenvalue weighted by atomic mass is 9.55. The van der Waals surface area contributed by atoms with Crippen molar-refractivity contribution in [1.82, 2.24) is 4.90 Å². The maximum atomic E-state index is 12.9. The molecule has 172 valence electrons. The Morgan fingerprint density at radius 2 is 1.91 bits per heavy atom. The number of aliphatic hydroxyl groups is 1. The topological polar surface area (TPSA) is 66.8 Å². The summed E-state index contributed by atoms with van der Waals surface area (Å²) >= 11 is 0. The summed E-state index contributed by atoms with van der Waals surface area (Å²) < 4.78 is 5.82. The van der Waals surface area contributed by atoms with E-state index in [-0.39, 0.29) is 41.0 Å². The number of esters is 1. The molecule has 0 amide bonds. The molecule has 0 radical (unpaired) electrons. The van der Waals surface area contributed by atoms with Crippen LogP contribution in [0.4, 0.5) is 0 Å². The number of Topliss-reactive ketones (excluding diaryl/α,β-unsaturated/α-hetero) is 1. The summed E-state index contributed by atoms with van der Waals surface area (Å²) in [6.07, 6.45) is 6.02. The first-order valence-corrected chi connectivity index (χ1v) is 12.3. The Hall–Kier alpha value is -1.98. The molecule has 2 aliphatic carbocycles. The third-order valence-corrected chi connectivity index (χ3v) is 9.04. The lowest BCUT2D eigenvalue weighted by Gasteiger charge is -2.52. The number of carbonyl (C=O) groups is 2. The van der Waals surface area contributed by atoms with Gasteiger partial charge in [-0.1, -0.05) is 55.8 Å². The lowest BCUT2D eigenvalue weighted by molar-refractivity contribution is -0.145. The number of hydrogen-bond donors (Lipinski definition) is 1. The van der Waals surface area contributed by atoms with Crippen LogP contribution in [0.15, 0.2) is 42.0 Å². The molecule has 1 aromatic carbocycles. The second kappa shape index (κ2) is 8.42. The van der Waals surface area contributed by atoms with Gasteiger partial charge in [-0.25, -0.2) is 0 Å². The van der Waals surface area contributed by atoms with Gasteiger partial charge in [0.05, 0.1) is 12.0 Å². The number of rotatable bonds is 4. The van der Waals surface area contributed by atoms with E-state index in [0.717, 1.165) is 50.8 Å². The van der Waals surface area contributed by atoms with Crippen molar-refractivity contribution in [2.45, 2.75) is 58.2 Å². The van der Waals surface area contributed by atoms with E-state index >= 15 is 0 Å². The van der Waals surface area contributed by atoms with Gasteiger partial charge in [0.1, 0.15) is 6.10 Å². The van der Waals surface area contributed by atoms with E-state index in [0.29, 0.717) is 12.5 Å². The fourth-order valence-electron chi connectivity index (χ4n) is 6.77. The Morgan fingerprint density at radius 3 is 2.62 bits per heavy atom. The standard InChI is InChI=1S/C27H35NO4/c1-17-7-6-10-20-15-22-23(25(30)27(17,20)2)21(26(31)32-22)16-28-13-11-19(12-14-28)24(29)18-8-4-3-5-9-18/h3-5,8-10,17,19,21-23,25,30H,6-7,11-16H2,1-2H3/t17-,21+,22+,23+,25+,27+/m0/s1. The van der Waals surface area contributed by atoms with Crippen molar-refractivity contribution in [3.63, 3.8) is 0 Å². The molecule has 2 saturated heterocycles. The minimum Gasteiger partial charge on any atom is -0.461 e. The van der Waals surface area contributed by atoms with Crippen LogP contribution in [0.1, 0.15) is 56.3 Å². The van der Waals surface area contributed by atoms with Crippen LogP contribution in [0.25, 0.3) is 0 Å². The van der Waals surface area contributed by atoms with Gasteiger partial charge in [0.25, 0.3) is 0 Å². The number of likely N-dealkylation sites (tertiary alicyclic amines) is 1. The van der Waals surface area contributed by atoms with Crippen LogP contribution < -0.4 is 0 Å². The largest absolute Gasteiger partial charge is 0.461 e. The predicted molar refractivity (Wildman–Crippen MR) is 122 cm³/mol. The van der Waals surface area contributed by atoms with E-state index in [9.17, 15) is 14.7 Å². The smallest absolute Gasteiger partial charge is 0.311 e. The molecule has 2 aliphatic heterocycles. The quantitative estimate of drug-likeness (QED) is 0.440. The van der Waals surface area contributed by atoms with Gasteiger partial charge < -0.3 is 14.7 Å². The highest BCUT2D eigenvalue weighted by molar-refractivity contribution is 5.97. The van der Waals surface area contributed by atoms with Crippen LogP contribution >= 0.6 is 0 Å². The number of fused-ring (bicyclic) bond motifs is 2. The van der Waals surface area contributed by atoms with Crippen LogP contribution in [-0.2, 0) is 9.53 Å². The Kier molecular flexibility index (Phi) is 5.75. The van der Waals surface area contributed by atoms with E-state index in [4.69, 9.17) is 4.74 Å². The van der Waals surface area contributed by atoms with Gasteiger partial charge in [-0.15, -0.1) is 0 Å². The molecule has 0 aromatic heterocycles. The summed E-state index contributed by atoms with van der Waals surface area (Å²) in [4.78, 5) is 28.0. The normalized spacial score (nSPS) is 37.9. The van der Waals surface area contributed by atoms with Gasteiger partial charge in [-0.2, -0.15) is 0 Å². The summed E-state index contributed by atoms with van der Waals surface area (Å²) in [7, 11) is 0. The second-order valence-corrected chi connectivity index (χ2v) is 10.6. The molecule has 6 atom stereocenters. The molecule has 0 unspecified atom stereocenters. The van der Waals surface area contributed by atoms with Crippen LogP contribution in [0.5, 0.6) is 0 Å². The maximum Gasteiger partial charge on any atom is 0.311 e. The highest BCUT2D eigenvalue weighted by Crippen LogP contribution is 2.56. The molecule has 0 spiro atoms. The summed E-state index contributed by atoms with van der Waals surface area (Å²) in [6.45, 7) is 6.65. The maximum absolute atomic E-state index is 12.9. The minimum absolute atomic E-state index is 0.0480. The zero-order valence-electron chi connectivity index (χ0n) is 19.2. The molecular weight excluding hydrogens is 402 g/mol.